The lowest BCUT2D eigenvalue weighted by molar-refractivity contribution is -0.111. The Kier molecular flexibility index (Phi) is 4.32. The van der Waals surface area contributed by atoms with Crippen LogP contribution in [0.3, 0.4) is 0 Å². The number of benzene rings is 1. The molecule has 0 unspecified atom stereocenters. The highest BCUT2D eigenvalue weighted by molar-refractivity contribution is 7.10. The van der Waals surface area contributed by atoms with Crippen LogP contribution < -0.4 is 5.32 Å². The maximum Gasteiger partial charge on any atom is 0.335 e. The molecule has 0 radical (unpaired) electrons. The summed E-state index contributed by atoms with van der Waals surface area (Å²) < 4.78 is 0. The van der Waals surface area contributed by atoms with E-state index in [9.17, 15) is 9.59 Å². The Balaban J connectivity index is 2.06. The Morgan fingerprint density at radius 1 is 1.30 bits per heavy atom. The number of aromatic carboxylic acids is 1. The van der Waals surface area contributed by atoms with Crippen molar-refractivity contribution < 1.29 is 14.7 Å². The van der Waals surface area contributed by atoms with Crippen molar-refractivity contribution in [2.75, 3.05) is 5.32 Å². The van der Waals surface area contributed by atoms with E-state index in [1.54, 1.807) is 30.4 Å². The summed E-state index contributed by atoms with van der Waals surface area (Å²) in [7, 11) is 0. The molecule has 0 aliphatic heterocycles. The molecule has 0 aliphatic rings. The van der Waals surface area contributed by atoms with Crippen molar-refractivity contribution in [3.8, 4) is 0 Å². The largest absolute Gasteiger partial charge is 0.478 e. The van der Waals surface area contributed by atoms with E-state index in [-0.39, 0.29) is 11.5 Å². The molecule has 0 atom stereocenters. The topological polar surface area (TPSA) is 66.4 Å². The molecule has 0 aliphatic carbocycles. The quantitative estimate of drug-likeness (QED) is 0.847. The van der Waals surface area contributed by atoms with E-state index in [1.165, 1.54) is 18.2 Å². The lowest BCUT2D eigenvalue weighted by atomic mass is 10.1. The summed E-state index contributed by atoms with van der Waals surface area (Å²) >= 11 is 1.55. The molecule has 2 N–H and O–H groups in total. The number of carbonyl (C=O) groups is 2. The Morgan fingerprint density at radius 2 is 2.10 bits per heavy atom. The minimum Gasteiger partial charge on any atom is -0.478 e. The number of aryl methyl sites for hydroxylation is 1. The van der Waals surface area contributed by atoms with Crippen LogP contribution in [0.2, 0.25) is 0 Å². The summed E-state index contributed by atoms with van der Waals surface area (Å²) in [5.74, 6) is -1.23. The number of anilines is 1. The standard InChI is InChI=1S/C15H13NO3S/c1-10-9-11(15(18)19)4-6-13(10)16-14(17)7-5-12-3-2-8-20-12/h2-9H,1H3,(H,16,17)(H,18,19)/b7-5+. The van der Waals surface area contributed by atoms with Crippen molar-refractivity contribution in [3.05, 3.63) is 57.8 Å². The van der Waals surface area contributed by atoms with Crippen LogP contribution in [0, 0.1) is 6.92 Å². The average Bonchev–Trinajstić information content (AvgIpc) is 2.91. The second-order valence-corrected chi connectivity index (χ2v) is 5.15. The number of amides is 1. The summed E-state index contributed by atoms with van der Waals surface area (Å²) in [6.45, 7) is 1.75. The Morgan fingerprint density at radius 3 is 2.70 bits per heavy atom. The third-order valence-corrected chi connectivity index (χ3v) is 3.51. The number of carboxylic acids is 1. The zero-order valence-electron chi connectivity index (χ0n) is 10.8. The molecule has 4 nitrogen and oxygen atoms in total. The van der Waals surface area contributed by atoms with Gasteiger partial charge in [-0.3, -0.25) is 4.79 Å². The van der Waals surface area contributed by atoms with Crippen LogP contribution in [0.1, 0.15) is 20.8 Å². The summed E-state index contributed by atoms with van der Waals surface area (Å²) in [5.41, 5.74) is 1.52. The molecule has 0 saturated carbocycles. The molecule has 5 heteroatoms. The second-order valence-electron chi connectivity index (χ2n) is 4.17. The minimum atomic E-state index is -0.983. The summed E-state index contributed by atoms with van der Waals surface area (Å²) in [6.07, 6.45) is 3.19. The predicted molar refractivity (Wildman–Crippen MR) is 80.1 cm³/mol. The fourth-order valence-corrected chi connectivity index (χ4v) is 2.27. The molecular weight excluding hydrogens is 274 g/mol. The maximum atomic E-state index is 11.8. The molecule has 1 aromatic carbocycles. The maximum absolute atomic E-state index is 11.8. The fourth-order valence-electron chi connectivity index (χ4n) is 1.66. The fraction of sp³-hybridized carbons (Fsp3) is 0.0667. The van der Waals surface area contributed by atoms with E-state index in [4.69, 9.17) is 5.11 Å². The van der Waals surface area contributed by atoms with Gasteiger partial charge in [0, 0.05) is 16.6 Å². The van der Waals surface area contributed by atoms with E-state index in [2.05, 4.69) is 5.32 Å². The van der Waals surface area contributed by atoms with Gasteiger partial charge in [-0.05, 0) is 48.2 Å². The zero-order valence-corrected chi connectivity index (χ0v) is 11.6. The zero-order chi connectivity index (χ0) is 14.5. The van der Waals surface area contributed by atoms with Crippen LogP contribution in [0.25, 0.3) is 6.08 Å². The van der Waals surface area contributed by atoms with Crippen molar-refractivity contribution >= 4 is 35.0 Å². The van der Waals surface area contributed by atoms with Gasteiger partial charge in [-0.15, -0.1) is 11.3 Å². The Hall–Kier alpha value is -2.40. The van der Waals surface area contributed by atoms with Crippen molar-refractivity contribution in [2.24, 2.45) is 0 Å². The number of hydrogen-bond acceptors (Lipinski definition) is 3. The molecule has 0 bridgehead atoms. The predicted octanol–water partition coefficient (Wildman–Crippen LogP) is 3.41. The van der Waals surface area contributed by atoms with Crippen LogP contribution in [0.4, 0.5) is 5.69 Å². The van der Waals surface area contributed by atoms with Crippen LogP contribution in [-0.2, 0) is 4.79 Å². The van der Waals surface area contributed by atoms with Gasteiger partial charge in [-0.25, -0.2) is 4.79 Å². The molecule has 1 aromatic heterocycles. The summed E-state index contributed by atoms with van der Waals surface area (Å²) in [6, 6.07) is 8.42. The van der Waals surface area contributed by atoms with Gasteiger partial charge in [0.15, 0.2) is 0 Å². The molecule has 0 fully saturated rings. The van der Waals surface area contributed by atoms with Gasteiger partial charge in [0.1, 0.15) is 0 Å². The van der Waals surface area contributed by atoms with Gasteiger partial charge >= 0.3 is 5.97 Å². The first kappa shape index (κ1) is 14.0. The van der Waals surface area contributed by atoms with Crippen molar-refractivity contribution in [3.63, 3.8) is 0 Å². The van der Waals surface area contributed by atoms with Crippen LogP contribution in [-0.4, -0.2) is 17.0 Å². The van der Waals surface area contributed by atoms with Gasteiger partial charge in [0.05, 0.1) is 5.56 Å². The highest BCUT2D eigenvalue weighted by atomic mass is 32.1. The highest BCUT2D eigenvalue weighted by Crippen LogP contribution is 2.17. The number of thiophene rings is 1. The number of carboxylic acid groups (broad SMARTS) is 1. The van der Waals surface area contributed by atoms with Crippen molar-refractivity contribution in [1.29, 1.82) is 0 Å². The van der Waals surface area contributed by atoms with Crippen molar-refractivity contribution in [2.45, 2.75) is 6.92 Å². The second kappa shape index (κ2) is 6.16. The monoisotopic (exact) mass is 287 g/mol. The van der Waals surface area contributed by atoms with E-state index in [1.807, 2.05) is 17.5 Å². The molecular formula is C15H13NO3S. The first-order valence-corrected chi connectivity index (χ1v) is 6.81. The smallest absolute Gasteiger partial charge is 0.335 e. The summed E-state index contributed by atoms with van der Waals surface area (Å²) in [5, 5.41) is 13.5. The highest BCUT2D eigenvalue weighted by Gasteiger charge is 2.06. The van der Waals surface area contributed by atoms with Gasteiger partial charge in [0.2, 0.25) is 5.91 Å². The third kappa shape index (κ3) is 3.55. The molecule has 1 heterocycles. The number of hydrogen-bond donors (Lipinski definition) is 2. The van der Waals surface area contributed by atoms with Gasteiger partial charge < -0.3 is 10.4 Å². The van der Waals surface area contributed by atoms with Gasteiger partial charge in [-0.2, -0.15) is 0 Å². The van der Waals surface area contributed by atoms with E-state index >= 15 is 0 Å². The minimum absolute atomic E-state index is 0.203. The Bertz CT molecular complexity index is 660. The lowest BCUT2D eigenvalue weighted by Crippen LogP contribution is -2.09. The van der Waals surface area contributed by atoms with E-state index < -0.39 is 5.97 Å². The SMILES string of the molecule is Cc1cc(C(=O)O)ccc1NC(=O)/C=C/c1cccs1. The van der Waals surface area contributed by atoms with E-state index in [0.29, 0.717) is 11.3 Å². The van der Waals surface area contributed by atoms with Crippen molar-refractivity contribution in [1.82, 2.24) is 0 Å². The molecule has 2 aromatic rings. The third-order valence-electron chi connectivity index (χ3n) is 2.67. The number of rotatable bonds is 4. The van der Waals surface area contributed by atoms with E-state index in [0.717, 1.165) is 4.88 Å². The molecule has 1 amide bonds. The molecule has 2 rings (SSSR count). The number of nitrogens with one attached hydrogen (secondary N) is 1. The van der Waals surface area contributed by atoms with Crippen LogP contribution in [0.5, 0.6) is 0 Å². The lowest BCUT2D eigenvalue weighted by Gasteiger charge is -2.07. The molecule has 0 saturated heterocycles. The Labute approximate surface area is 120 Å². The first-order chi connectivity index (χ1) is 9.56. The number of carbonyl (C=O) groups excluding carboxylic acids is 1. The molecule has 102 valence electrons. The summed E-state index contributed by atoms with van der Waals surface area (Å²) in [4.78, 5) is 23.6. The normalized spacial score (nSPS) is 10.7. The van der Waals surface area contributed by atoms with Gasteiger partial charge in [0.25, 0.3) is 0 Å². The first-order valence-electron chi connectivity index (χ1n) is 5.93. The van der Waals surface area contributed by atoms with Gasteiger partial charge in [-0.1, -0.05) is 6.07 Å². The average molecular weight is 287 g/mol. The molecule has 0 spiro atoms. The van der Waals surface area contributed by atoms with Crippen LogP contribution >= 0.6 is 11.3 Å². The van der Waals surface area contributed by atoms with Crippen LogP contribution in [0.15, 0.2) is 41.8 Å². The molecule has 20 heavy (non-hydrogen) atoms.